The van der Waals surface area contributed by atoms with E-state index in [1.165, 1.54) is 32.1 Å². The van der Waals surface area contributed by atoms with E-state index in [1.807, 2.05) is 0 Å². The Morgan fingerprint density at radius 3 is 2.47 bits per heavy atom. The molecule has 3 unspecified atom stereocenters. The van der Waals surface area contributed by atoms with Crippen molar-refractivity contribution < 1.29 is 9.84 Å². The van der Waals surface area contributed by atoms with Gasteiger partial charge in [-0.05, 0) is 37.5 Å². The zero-order chi connectivity index (χ0) is 10.9. The lowest BCUT2D eigenvalue weighted by molar-refractivity contribution is -0.159. The van der Waals surface area contributed by atoms with Gasteiger partial charge < -0.3 is 9.84 Å². The van der Waals surface area contributed by atoms with Crippen LogP contribution in [0, 0.1) is 11.8 Å². The van der Waals surface area contributed by atoms with Crippen LogP contribution in [-0.4, -0.2) is 23.9 Å². The predicted octanol–water partition coefficient (Wildman–Crippen LogP) is 2.74. The summed E-state index contributed by atoms with van der Waals surface area (Å²) in [6.45, 7) is 2.28. The van der Waals surface area contributed by atoms with Crippen molar-refractivity contribution in [1.82, 2.24) is 0 Å². The molecule has 1 N–H and O–H groups in total. The first-order chi connectivity index (χ1) is 7.18. The first-order valence-corrected chi connectivity index (χ1v) is 6.41. The van der Waals surface area contributed by atoms with Crippen LogP contribution in [0.5, 0.6) is 0 Å². The summed E-state index contributed by atoms with van der Waals surface area (Å²) >= 11 is 0. The fourth-order valence-electron chi connectivity index (χ4n) is 3.30. The topological polar surface area (TPSA) is 29.5 Å². The van der Waals surface area contributed by atoms with Crippen molar-refractivity contribution in [3.63, 3.8) is 0 Å². The molecule has 2 aliphatic rings. The summed E-state index contributed by atoms with van der Waals surface area (Å²) in [6.07, 6.45) is 8.05. The van der Waals surface area contributed by atoms with E-state index in [2.05, 4.69) is 6.92 Å². The Morgan fingerprint density at radius 2 is 2.00 bits per heavy atom. The van der Waals surface area contributed by atoms with Crippen molar-refractivity contribution >= 4 is 0 Å². The minimum absolute atomic E-state index is 0.219. The largest absolute Gasteiger partial charge is 0.390 e. The molecule has 0 amide bonds. The van der Waals surface area contributed by atoms with E-state index in [4.69, 9.17) is 4.74 Å². The second-order valence-corrected chi connectivity index (χ2v) is 5.61. The van der Waals surface area contributed by atoms with Crippen LogP contribution in [0.4, 0.5) is 0 Å². The number of aliphatic hydroxyl groups is 1. The molecular formula is C13H24O2. The molecule has 0 aromatic carbocycles. The number of hydrogen-bond acceptors (Lipinski definition) is 2. The van der Waals surface area contributed by atoms with Crippen molar-refractivity contribution in [3.8, 4) is 0 Å². The Hall–Kier alpha value is -0.0800. The van der Waals surface area contributed by atoms with Crippen LogP contribution in [0.15, 0.2) is 0 Å². The van der Waals surface area contributed by atoms with Gasteiger partial charge in [-0.3, -0.25) is 0 Å². The molecule has 0 saturated heterocycles. The van der Waals surface area contributed by atoms with Crippen LogP contribution in [0.3, 0.4) is 0 Å². The standard InChI is InChI=1S/C13H24O2/c1-10-5-4-8-13(9-10,15-2)12(14)11-6-3-7-11/h10-12,14H,3-9H2,1-2H3. The van der Waals surface area contributed by atoms with Crippen molar-refractivity contribution in [2.75, 3.05) is 7.11 Å². The molecule has 2 heteroatoms. The average molecular weight is 212 g/mol. The van der Waals surface area contributed by atoms with Crippen molar-refractivity contribution in [2.24, 2.45) is 11.8 Å². The zero-order valence-corrected chi connectivity index (χ0v) is 10.0. The summed E-state index contributed by atoms with van der Waals surface area (Å²) in [5.74, 6) is 1.21. The molecule has 0 bridgehead atoms. The molecule has 0 radical (unpaired) electrons. The van der Waals surface area contributed by atoms with E-state index in [0.29, 0.717) is 11.8 Å². The van der Waals surface area contributed by atoms with Crippen LogP contribution in [0.25, 0.3) is 0 Å². The molecule has 3 atom stereocenters. The molecule has 2 rings (SSSR count). The number of ether oxygens (including phenoxy) is 1. The van der Waals surface area contributed by atoms with Crippen LogP contribution < -0.4 is 0 Å². The Labute approximate surface area is 93.0 Å². The molecule has 0 spiro atoms. The molecular weight excluding hydrogens is 188 g/mol. The zero-order valence-electron chi connectivity index (χ0n) is 10.0. The van der Waals surface area contributed by atoms with Crippen LogP contribution >= 0.6 is 0 Å². The molecule has 0 heterocycles. The smallest absolute Gasteiger partial charge is 0.0941 e. The second-order valence-electron chi connectivity index (χ2n) is 5.61. The first kappa shape index (κ1) is 11.4. The van der Waals surface area contributed by atoms with Gasteiger partial charge in [-0.25, -0.2) is 0 Å². The number of aliphatic hydroxyl groups excluding tert-OH is 1. The van der Waals surface area contributed by atoms with Gasteiger partial charge in [0.2, 0.25) is 0 Å². The molecule has 2 aliphatic carbocycles. The maximum Gasteiger partial charge on any atom is 0.0941 e. The summed E-state index contributed by atoms with van der Waals surface area (Å²) < 4.78 is 5.72. The lowest BCUT2D eigenvalue weighted by Gasteiger charge is -2.47. The van der Waals surface area contributed by atoms with Crippen molar-refractivity contribution in [2.45, 2.75) is 63.6 Å². The van der Waals surface area contributed by atoms with Gasteiger partial charge in [-0.1, -0.05) is 26.2 Å². The van der Waals surface area contributed by atoms with E-state index in [0.717, 1.165) is 12.8 Å². The SMILES string of the molecule is COC1(C(O)C2CCC2)CCCC(C)C1. The summed E-state index contributed by atoms with van der Waals surface area (Å²) in [6, 6.07) is 0. The van der Waals surface area contributed by atoms with Gasteiger partial charge in [-0.2, -0.15) is 0 Å². The summed E-state index contributed by atoms with van der Waals surface area (Å²) in [5, 5.41) is 10.4. The van der Waals surface area contributed by atoms with E-state index in [1.54, 1.807) is 7.11 Å². The van der Waals surface area contributed by atoms with Gasteiger partial charge in [0, 0.05) is 7.11 Å². The van der Waals surface area contributed by atoms with Gasteiger partial charge >= 0.3 is 0 Å². The molecule has 0 aliphatic heterocycles. The van der Waals surface area contributed by atoms with Crippen LogP contribution in [0.1, 0.15) is 51.9 Å². The van der Waals surface area contributed by atoms with Gasteiger partial charge in [-0.15, -0.1) is 0 Å². The number of rotatable bonds is 3. The Balaban J connectivity index is 2.04. The predicted molar refractivity (Wildman–Crippen MR) is 60.7 cm³/mol. The van der Waals surface area contributed by atoms with Crippen molar-refractivity contribution in [1.29, 1.82) is 0 Å². The van der Waals surface area contributed by atoms with E-state index in [9.17, 15) is 5.11 Å². The van der Waals surface area contributed by atoms with Crippen LogP contribution in [-0.2, 0) is 4.74 Å². The molecule has 2 saturated carbocycles. The highest BCUT2D eigenvalue weighted by molar-refractivity contribution is 4.97. The summed E-state index contributed by atoms with van der Waals surface area (Å²) in [5.41, 5.74) is -0.219. The van der Waals surface area contributed by atoms with Gasteiger partial charge in [0.15, 0.2) is 0 Å². The van der Waals surface area contributed by atoms with Gasteiger partial charge in [0.1, 0.15) is 0 Å². The maximum absolute atomic E-state index is 10.4. The minimum atomic E-state index is -0.223. The number of methoxy groups -OCH3 is 1. The Kier molecular flexibility index (Phi) is 3.36. The third-order valence-corrected chi connectivity index (χ3v) is 4.53. The Morgan fingerprint density at radius 1 is 1.27 bits per heavy atom. The Bertz CT molecular complexity index is 213. The van der Waals surface area contributed by atoms with E-state index >= 15 is 0 Å². The average Bonchev–Trinajstić information content (AvgIpc) is 2.15. The molecule has 2 nitrogen and oxygen atoms in total. The monoisotopic (exact) mass is 212 g/mol. The highest BCUT2D eigenvalue weighted by Gasteiger charge is 2.45. The number of hydrogen-bond donors (Lipinski definition) is 1. The normalized spacial score (nSPS) is 39.8. The lowest BCUT2D eigenvalue weighted by atomic mass is 9.68. The lowest BCUT2D eigenvalue weighted by Crippen LogP contribution is -2.52. The van der Waals surface area contributed by atoms with E-state index < -0.39 is 0 Å². The maximum atomic E-state index is 10.4. The highest BCUT2D eigenvalue weighted by atomic mass is 16.5. The minimum Gasteiger partial charge on any atom is -0.390 e. The van der Waals surface area contributed by atoms with Gasteiger partial charge in [0.05, 0.1) is 11.7 Å². The molecule has 15 heavy (non-hydrogen) atoms. The summed E-state index contributed by atoms with van der Waals surface area (Å²) in [4.78, 5) is 0. The summed E-state index contributed by atoms with van der Waals surface area (Å²) in [7, 11) is 1.78. The quantitative estimate of drug-likeness (QED) is 0.779. The highest BCUT2D eigenvalue weighted by Crippen LogP contribution is 2.43. The fraction of sp³-hybridized carbons (Fsp3) is 1.00. The van der Waals surface area contributed by atoms with Gasteiger partial charge in [0.25, 0.3) is 0 Å². The van der Waals surface area contributed by atoms with Crippen LogP contribution in [0.2, 0.25) is 0 Å². The fourth-order valence-corrected chi connectivity index (χ4v) is 3.30. The third kappa shape index (κ3) is 2.07. The molecule has 0 aromatic heterocycles. The van der Waals surface area contributed by atoms with Crippen molar-refractivity contribution in [3.05, 3.63) is 0 Å². The van der Waals surface area contributed by atoms with E-state index in [-0.39, 0.29) is 11.7 Å². The second kappa shape index (κ2) is 4.42. The first-order valence-electron chi connectivity index (χ1n) is 6.41. The third-order valence-electron chi connectivity index (χ3n) is 4.53. The molecule has 0 aromatic rings. The molecule has 88 valence electrons. The molecule has 2 fully saturated rings.